The number of hydrogen-bond acceptors (Lipinski definition) is 3. The third kappa shape index (κ3) is 6.63. The van der Waals surface area contributed by atoms with Crippen molar-refractivity contribution in [3.63, 3.8) is 0 Å². The molecule has 1 N–H and O–H groups in total. The van der Waals surface area contributed by atoms with E-state index in [0.29, 0.717) is 28.2 Å². The Labute approximate surface area is 324 Å². The summed E-state index contributed by atoms with van der Waals surface area (Å²) in [5.41, 5.74) is 10.8. The largest absolute Gasteiger partial charge is 0.507 e. The number of pyridine rings is 1. The summed E-state index contributed by atoms with van der Waals surface area (Å²) in [6, 6.07) is 50.6. The second-order valence-corrected chi connectivity index (χ2v) is 13.8. The van der Waals surface area contributed by atoms with E-state index in [0.717, 1.165) is 50.2 Å². The molecule has 6 aromatic carbocycles. The van der Waals surface area contributed by atoms with E-state index in [1.807, 2.05) is 108 Å². The number of phenolic OH excluding ortho intramolecular Hbond substituents is 1. The molecule has 0 fully saturated rings. The zero-order chi connectivity index (χ0) is 37.6. The molecular weight excluding hydrogens is 818 g/mol. The predicted molar refractivity (Wildman–Crippen MR) is 210 cm³/mol. The summed E-state index contributed by atoms with van der Waals surface area (Å²) in [7, 11) is 0. The maximum Gasteiger partial charge on any atom is 0.148 e. The fraction of sp³-hybridized carbons (Fsp3) is 0.106. The summed E-state index contributed by atoms with van der Waals surface area (Å²) < 4.78 is 27.5. The quantitative estimate of drug-likeness (QED) is 0.170. The van der Waals surface area contributed by atoms with Crippen molar-refractivity contribution in [2.75, 3.05) is 0 Å². The summed E-state index contributed by atoms with van der Waals surface area (Å²) in [6.45, 7) is 4.19. The molecule has 0 aliphatic heterocycles. The van der Waals surface area contributed by atoms with Crippen LogP contribution >= 0.6 is 0 Å². The van der Waals surface area contributed by atoms with Gasteiger partial charge in [-0.2, -0.15) is 0 Å². The molecule has 258 valence electrons. The van der Waals surface area contributed by atoms with Crippen molar-refractivity contribution in [2.24, 2.45) is 0 Å². The molecule has 0 saturated carbocycles. The van der Waals surface area contributed by atoms with Gasteiger partial charge in [0.2, 0.25) is 0 Å². The molecule has 8 aromatic rings. The molecule has 0 saturated heterocycles. The molecule has 0 bridgehead atoms. The van der Waals surface area contributed by atoms with Crippen molar-refractivity contribution in [1.29, 1.82) is 0 Å². The zero-order valence-corrected chi connectivity index (χ0v) is 31.3. The summed E-state index contributed by atoms with van der Waals surface area (Å²) in [5, 5.41) is 11.2. The van der Waals surface area contributed by atoms with Gasteiger partial charge in [0.05, 0.1) is 16.6 Å². The Bertz CT molecular complexity index is 2650. The average Bonchev–Trinajstić information content (AvgIpc) is 3.57. The SMILES string of the molecule is [2H]C([2H])([2H])c1cc(-n2c(-c3ccccc3O)nc3c(-c4[c-]c(-c5cc(-c6ccccc6)ccn5)cc(C(C)(C)C)c4)cccc32)ccc1-c1ccccc1.[Pt]. The van der Waals surface area contributed by atoms with E-state index in [2.05, 4.69) is 57.2 Å². The predicted octanol–water partition coefficient (Wildman–Crippen LogP) is 11.9. The number of phenols is 1. The van der Waals surface area contributed by atoms with E-state index >= 15 is 0 Å². The molecule has 52 heavy (non-hydrogen) atoms. The number of aryl methyl sites for hydroxylation is 1. The minimum absolute atomic E-state index is 0. The Balaban J connectivity index is 0.00000465. The molecular formula is C47H38N3OPt-. The van der Waals surface area contributed by atoms with Crippen molar-refractivity contribution in [3.05, 3.63) is 169 Å². The van der Waals surface area contributed by atoms with Crippen LogP contribution in [0.3, 0.4) is 0 Å². The van der Waals surface area contributed by atoms with E-state index in [1.165, 1.54) is 0 Å². The van der Waals surface area contributed by atoms with Gasteiger partial charge in [-0.3, -0.25) is 9.55 Å². The Hall–Kier alpha value is -5.57. The summed E-state index contributed by atoms with van der Waals surface area (Å²) >= 11 is 0. The van der Waals surface area contributed by atoms with Crippen LogP contribution in [0.15, 0.2) is 152 Å². The molecule has 8 rings (SSSR count). The topological polar surface area (TPSA) is 50.9 Å². The fourth-order valence-corrected chi connectivity index (χ4v) is 6.64. The van der Waals surface area contributed by atoms with Crippen LogP contribution in [0.1, 0.15) is 36.0 Å². The van der Waals surface area contributed by atoms with E-state index in [9.17, 15) is 5.11 Å². The van der Waals surface area contributed by atoms with Crippen molar-refractivity contribution in [1.82, 2.24) is 14.5 Å². The van der Waals surface area contributed by atoms with Gasteiger partial charge in [0.1, 0.15) is 11.6 Å². The number of aromatic hydroxyl groups is 1. The molecule has 0 atom stereocenters. The second kappa shape index (κ2) is 14.2. The molecule has 0 aliphatic rings. The van der Waals surface area contributed by atoms with Crippen LogP contribution in [-0.2, 0) is 26.5 Å². The first kappa shape index (κ1) is 31.2. The standard InChI is InChI=1S/C47H38N3O.Pt/c1-31-26-38(22-23-39(31)33-16-9-6-10-17-33)50-43-20-13-19-40(45(43)49-46(50)41-18-11-12-21-44(41)51)35-27-36(29-37(28-35)47(2,3)4)42-30-34(24-25-48-42)32-14-7-5-8-15-32;/h5-26,28-30,51H,1-4H3;/q-1;/i1D3;. The Morgan fingerprint density at radius 1 is 0.654 bits per heavy atom. The van der Waals surface area contributed by atoms with Gasteiger partial charge in [-0.25, -0.2) is 4.98 Å². The Morgan fingerprint density at radius 2 is 1.35 bits per heavy atom. The van der Waals surface area contributed by atoms with Gasteiger partial charge in [0.25, 0.3) is 0 Å². The van der Waals surface area contributed by atoms with E-state index in [1.54, 1.807) is 18.2 Å². The van der Waals surface area contributed by atoms with Crippen molar-refractivity contribution in [3.8, 4) is 67.5 Å². The first-order valence-electron chi connectivity index (χ1n) is 18.6. The van der Waals surface area contributed by atoms with E-state index in [4.69, 9.17) is 14.1 Å². The summed E-state index contributed by atoms with van der Waals surface area (Å²) in [6.07, 6.45) is 1.84. The van der Waals surface area contributed by atoms with Crippen LogP contribution in [0, 0.1) is 12.9 Å². The molecule has 2 heterocycles. The third-order valence-electron chi connectivity index (χ3n) is 9.34. The van der Waals surface area contributed by atoms with Gasteiger partial charge in [0.15, 0.2) is 0 Å². The monoisotopic (exact) mass is 858 g/mol. The maximum atomic E-state index is 11.2. The number of benzene rings is 6. The fourth-order valence-electron chi connectivity index (χ4n) is 6.64. The second-order valence-electron chi connectivity index (χ2n) is 13.8. The van der Waals surface area contributed by atoms with E-state index in [-0.39, 0.29) is 37.8 Å². The van der Waals surface area contributed by atoms with Gasteiger partial charge in [-0.15, -0.1) is 29.3 Å². The van der Waals surface area contributed by atoms with Crippen LogP contribution < -0.4 is 0 Å². The zero-order valence-electron chi connectivity index (χ0n) is 32.0. The smallest absolute Gasteiger partial charge is 0.148 e. The number of aromatic nitrogens is 3. The maximum absolute atomic E-state index is 11.2. The molecule has 0 unspecified atom stereocenters. The number of hydrogen-bond donors (Lipinski definition) is 1. The van der Waals surface area contributed by atoms with Crippen molar-refractivity contribution >= 4 is 11.0 Å². The minimum atomic E-state index is -2.39. The van der Waals surface area contributed by atoms with Gasteiger partial charge in [0, 0.05) is 42.8 Å². The first-order chi connectivity index (χ1) is 26.0. The van der Waals surface area contributed by atoms with Crippen LogP contribution in [0.25, 0.3) is 72.7 Å². The molecule has 5 heteroatoms. The van der Waals surface area contributed by atoms with Gasteiger partial charge >= 0.3 is 0 Å². The Kier molecular flexibility index (Phi) is 8.52. The number of rotatable bonds is 6. The Morgan fingerprint density at radius 3 is 2.08 bits per heavy atom. The van der Waals surface area contributed by atoms with Gasteiger partial charge in [-0.05, 0) is 76.5 Å². The van der Waals surface area contributed by atoms with Crippen LogP contribution in [0.2, 0.25) is 0 Å². The van der Waals surface area contributed by atoms with E-state index < -0.39 is 6.85 Å². The molecule has 0 aliphatic carbocycles. The van der Waals surface area contributed by atoms with Crippen molar-refractivity contribution < 1.29 is 30.3 Å². The summed E-state index contributed by atoms with van der Waals surface area (Å²) in [5.74, 6) is 0.560. The van der Waals surface area contributed by atoms with Gasteiger partial charge in [-0.1, -0.05) is 129 Å². The average molecular weight is 859 g/mol. The van der Waals surface area contributed by atoms with Crippen LogP contribution in [0.4, 0.5) is 0 Å². The van der Waals surface area contributed by atoms with Crippen LogP contribution in [0.5, 0.6) is 5.75 Å². The number of nitrogens with zero attached hydrogens (tertiary/aromatic N) is 3. The van der Waals surface area contributed by atoms with Crippen molar-refractivity contribution in [2.45, 2.75) is 33.0 Å². The molecule has 0 spiro atoms. The molecule has 0 radical (unpaired) electrons. The third-order valence-corrected chi connectivity index (χ3v) is 9.34. The number of fused-ring (bicyclic) bond motifs is 1. The number of imidazole rings is 1. The minimum Gasteiger partial charge on any atom is -0.507 e. The summed E-state index contributed by atoms with van der Waals surface area (Å²) in [4.78, 5) is 10.0. The van der Waals surface area contributed by atoms with Gasteiger partial charge < -0.3 is 5.11 Å². The van der Waals surface area contributed by atoms with Crippen LogP contribution in [-0.4, -0.2) is 19.6 Å². The molecule has 4 nitrogen and oxygen atoms in total. The first-order valence-corrected chi connectivity index (χ1v) is 17.1. The molecule has 0 amide bonds. The number of para-hydroxylation sites is 2. The molecule has 2 aromatic heterocycles. The normalized spacial score (nSPS) is 12.5.